The van der Waals surface area contributed by atoms with Crippen molar-refractivity contribution in [3.8, 4) is 0 Å². The number of rotatable bonds is 6. The summed E-state index contributed by atoms with van der Waals surface area (Å²) in [5, 5.41) is 3.66. The highest BCUT2D eigenvalue weighted by atomic mass is 19.1. The predicted molar refractivity (Wildman–Crippen MR) is 90.0 cm³/mol. The highest BCUT2D eigenvalue weighted by Gasteiger charge is 2.29. The molecule has 0 bridgehead atoms. The lowest BCUT2D eigenvalue weighted by molar-refractivity contribution is 0.379. The average Bonchev–Trinajstić information content (AvgIpc) is 3.15. The summed E-state index contributed by atoms with van der Waals surface area (Å²) in [5.74, 6) is 0.270. The van der Waals surface area contributed by atoms with E-state index in [2.05, 4.69) is 40.9 Å². The molecule has 2 aliphatic heterocycles. The molecule has 1 aromatic rings. The molecule has 2 heterocycles. The maximum Gasteiger partial charge on any atom is 0.123 e. The van der Waals surface area contributed by atoms with Crippen LogP contribution in [-0.2, 0) is 0 Å². The van der Waals surface area contributed by atoms with Gasteiger partial charge in [-0.1, -0.05) is 12.1 Å². The fraction of sp³-hybridized carbons (Fsp3) is 0.647. The predicted octanol–water partition coefficient (Wildman–Crippen LogP) is 1.21. The lowest BCUT2D eigenvalue weighted by atomic mass is 9.94. The third-order valence-electron chi connectivity index (χ3n) is 4.86. The lowest BCUT2D eigenvalue weighted by Gasteiger charge is -2.23. The van der Waals surface area contributed by atoms with Crippen LogP contribution in [0.3, 0.4) is 0 Å². The zero-order valence-electron chi connectivity index (χ0n) is 13.9. The lowest BCUT2D eigenvalue weighted by Crippen LogP contribution is -2.39. The fourth-order valence-electron chi connectivity index (χ4n) is 3.57. The Bertz CT molecular complexity index is 494. The maximum absolute atomic E-state index is 13.1. The third kappa shape index (κ3) is 4.49. The Kier molecular flexibility index (Phi) is 5.61. The van der Waals surface area contributed by atoms with Gasteiger partial charge >= 0.3 is 0 Å². The van der Waals surface area contributed by atoms with Gasteiger partial charge in [-0.3, -0.25) is 16.3 Å². The Labute approximate surface area is 137 Å². The van der Waals surface area contributed by atoms with Gasteiger partial charge in [0.05, 0.1) is 6.04 Å². The van der Waals surface area contributed by atoms with Crippen molar-refractivity contribution in [2.45, 2.75) is 50.9 Å². The van der Waals surface area contributed by atoms with E-state index in [1.807, 2.05) is 12.1 Å². The molecule has 1 aromatic carbocycles. The molecule has 0 aromatic heterocycles. The van der Waals surface area contributed by atoms with Gasteiger partial charge in [0, 0.05) is 37.1 Å². The Morgan fingerprint density at radius 1 is 1.22 bits per heavy atom. The molecule has 0 amide bonds. The van der Waals surface area contributed by atoms with Crippen LogP contribution >= 0.6 is 0 Å². The molecule has 3 rings (SSSR count). The molecule has 5 atom stereocenters. The largest absolute Gasteiger partial charge is 0.314 e. The molecule has 128 valence electrons. The summed E-state index contributed by atoms with van der Waals surface area (Å²) in [5.41, 5.74) is 14.3. The first-order valence-electron chi connectivity index (χ1n) is 8.60. The highest BCUT2D eigenvalue weighted by molar-refractivity contribution is 5.21. The second-order valence-corrected chi connectivity index (χ2v) is 6.98. The van der Waals surface area contributed by atoms with Gasteiger partial charge in [0.1, 0.15) is 5.82 Å². The monoisotopic (exact) mass is 321 g/mol. The molecule has 5 nitrogen and oxygen atoms in total. The van der Waals surface area contributed by atoms with Crippen molar-refractivity contribution < 1.29 is 4.39 Å². The minimum absolute atomic E-state index is 0.185. The minimum atomic E-state index is -0.185. The average molecular weight is 321 g/mol. The zero-order valence-corrected chi connectivity index (χ0v) is 13.9. The Morgan fingerprint density at radius 2 is 2.00 bits per heavy atom. The van der Waals surface area contributed by atoms with E-state index >= 15 is 0 Å². The number of hydrogen-bond donors (Lipinski definition) is 5. The van der Waals surface area contributed by atoms with Crippen molar-refractivity contribution >= 4 is 0 Å². The number of hydrazine groups is 2. The van der Waals surface area contributed by atoms with Crippen LogP contribution in [0.5, 0.6) is 0 Å². The van der Waals surface area contributed by atoms with Crippen LogP contribution < -0.4 is 27.0 Å². The second kappa shape index (κ2) is 7.68. The van der Waals surface area contributed by atoms with Crippen LogP contribution in [-0.4, -0.2) is 31.2 Å². The molecule has 0 radical (unpaired) electrons. The molecule has 0 spiro atoms. The second-order valence-electron chi connectivity index (χ2n) is 6.98. The first kappa shape index (κ1) is 16.8. The summed E-state index contributed by atoms with van der Waals surface area (Å²) in [6.45, 7) is 6.31. The molecule has 5 unspecified atom stereocenters. The van der Waals surface area contributed by atoms with Crippen molar-refractivity contribution in [2.75, 3.05) is 13.1 Å². The van der Waals surface area contributed by atoms with Gasteiger partial charge in [0.25, 0.3) is 0 Å². The van der Waals surface area contributed by atoms with E-state index in [-0.39, 0.29) is 11.9 Å². The fourth-order valence-corrected chi connectivity index (χ4v) is 3.57. The van der Waals surface area contributed by atoms with Crippen LogP contribution in [0, 0.1) is 11.7 Å². The molecule has 6 heteroatoms. The number of nitrogens with one attached hydrogen (secondary N) is 5. The zero-order chi connectivity index (χ0) is 16.2. The Morgan fingerprint density at radius 3 is 2.70 bits per heavy atom. The normalized spacial score (nSPS) is 32.3. The SMILES string of the molecule is CC(CC1CC(C)NN1)NCC1CNNC1c1ccc(F)cc1. The number of benzene rings is 1. The van der Waals surface area contributed by atoms with Crippen LogP contribution in [0.25, 0.3) is 0 Å². The molecular formula is C17H28FN5. The van der Waals surface area contributed by atoms with Gasteiger partial charge in [0.2, 0.25) is 0 Å². The molecule has 2 saturated heterocycles. The summed E-state index contributed by atoms with van der Waals surface area (Å²) in [4.78, 5) is 0. The first-order valence-corrected chi connectivity index (χ1v) is 8.60. The van der Waals surface area contributed by atoms with E-state index in [0.29, 0.717) is 24.0 Å². The molecule has 2 aliphatic rings. The van der Waals surface area contributed by atoms with Crippen molar-refractivity contribution in [3.63, 3.8) is 0 Å². The minimum Gasteiger partial charge on any atom is -0.314 e. The van der Waals surface area contributed by atoms with Gasteiger partial charge in [-0.15, -0.1) is 0 Å². The Hall–Kier alpha value is -1.05. The van der Waals surface area contributed by atoms with Crippen molar-refractivity contribution in [1.29, 1.82) is 0 Å². The van der Waals surface area contributed by atoms with Crippen LogP contribution in [0.4, 0.5) is 4.39 Å². The van der Waals surface area contributed by atoms with E-state index in [4.69, 9.17) is 0 Å². The summed E-state index contributed by atoms with van der Waals surface area (Å²) in [7, 11) is 0. The van der Waals surface area contributed by atoms with E-state index in [9.17, 15) is 4.39 Å². The van der Waals surface area contributed by atoms with Crippen LogP contribution in [0.1, 0.15) is 38.3 Å². The highest BCUT2D eigenvalue weighted by Crippen LogP contribution is 2.24. The molecular weight excluding hydrogens is 293 g/mol. The quantitative estimate of drug-likeness (QED) is 0.545. The standard InChI is InChI=1S/C17H28FN5/c1-11(7-16-8-12(2)21-22-16)19-9-14-10-20-23-17(14)13-3-5-15(18)6-4-13/h3-6,11-12,14,16-17,19-23H,7-10H2,1-2H3. The summed E-state index contributed by atoms with van der Waals surface area (Å²) < 4.78 is 13.1. The third-order valence-corrected chi connectivity index (χ3v) is 4.86. The summed E-state index contributed by atoms with van der Waals surface area (Å²) >= 11 is 0. The first-order chi connectivity index (χ1) is 11.1. The van der Waals surface area contributed by atoms with Crippen LogP contribution in [0.15, 0.2) is 24.3 Å². The van der Waals surface area contributed by atoms with E-state index < -0.39 is 0 Å². The molecule has 2 fully saturated rings. The topological polar surface area (TPSA) is 60.1 Å². The van der Waals surface area contributed by atoms with Crippen molar-refractivity contribution in [2.24, 2.45) is 5.92 Å². The van der Waals surface area contributed by atoms with Gasteiger partial charge in [-0.05, 0) is 44.4 Å². The van der Waals surface area contributed by atoms with Gasteiger partial charge < -0.3 is 5.32 Å². The number of halogens is 1. The van der Waals surface area contributed by atoms with Crippen molar-refractivity contribution in [3.05, 3.63) is 35.6 Å². The summed E-state index contributed by atoms with van der Waals surface area (Å²) in [6.07, 6.45) is 2.29. The van der Waals surface area contributed by atoms with Gasteiger partial charge in [-0.2, -0.15) is 0 Å². The Balaban J connectivity index is 1.47. The molecule has 23 heavy (non-hydrogen) atoms. The number of hydrogen-bond acceptors (Lipinski definition) is 5. The molecule has 5 N–H and O–H groups in total. The van der Waals surface area contributed by atoms with E-state index in [1.165, 1.54) is 18.6 Å². The smallest absolute Gasteiger partial charge is 0.123 e. The van der Waals surface area contributed by atoms with E-state index in [0.717, 1.165) is 25.1 Å². The van der Waals surface area contributed by atoms with Crippen molar-refractivity contribution in [1.82, 2.24) is 27.0 Å². The van der Waals surface area contributed by atoms with E-state index in [1.54, 1.807) is 0 Å². The maximum atomic E-state index is 13.1. The molecule has 0 aliphatic carbocycles. The molecule has 0 saturated carbocycles. The van der Waals surface area contributed by atoms with Crippen LogP contribution in [0.2, 0.25) is 0 Å². The van der Waals surface area contributed by atoms with Gasteiger partial charge in [0.15, 0.2) is 0 Å². The van der Waals surface area contributed by atoms with Gasteiger partial charge in [-0.25, -0.2) is 9.82 Å². The summed E-state index contributed by atoms with van der Waals surface area (Å²) in [6, 6.07) is 8.58.